The lowest BCUT2D eigenvalue weighted by molar-refractivity contribution is 0.477. The van der Waals surface area contributed by atoms with Gasteiger partial charge < -0.3 is 15.4 Å². The lowest BCUT2D eigenvalue weighted by Crippen LogP contribution is -1.86. The van der Waals surface area contributed by atoms with E-state index in [0.29, 0.717) is 17.0 Å². The molecular formula is C19H22N6OS. The van der Waals surface area contributed by atoms with E-state index in [9.17, 15) is 5.11 Å². The van der Waals surface area contributed by atoms with Crippen molar-refractivity contribution in [2.24, 2.45) is 0 Å². The number of thiazole rings is 1. The van der Waals surface area contributed by atoms with Crippen molar-refractivity contribution in [3.63, 3.8) is 0 Å². The number of aromatic hydroxyl groups is 1. The number of imidazole rings is 1. The van der Waals surface area contributed by atoms with Crippen LogP contribution in [0, 0.1) is 12.8 Å². The Bertz CT molecular complexity index is 968. The van der Waals surface area contributed by atoms with Crippen molar-refractivity contribution in [2.45, 2.75) is 20.3 Å². The highest BCUT2D eigenvalue weighted by atomic mass is 32.1. The van der Waals surface area contributed by atoms with Gasteiger partial charge in [-0.2, -0.15) is 5.10 Å². The Kier molecular flexibility index (Phi) is 6.97. The molecule has 0 aliphatic heterocycles. The zero-order chi connectivity index (χ0) is 19.8. The highest BCUT2D eigenvalue weighted by molar-refractivity contribution is 7.21. The number of phenols is 1. The number of nitrogens with one attached hydrogen (secondary N) is 3. The summed E-state index contributed by atoms with van der Waals surface area (Å²) in [4.78, 5) is 12.8. The standard InChI is InChI=1S/C14H12N6OS.C3H8.C2H2/c1-15-14-20-12-13(22-14)19-11(18-12)9-3-2-7(4-10(9)21)8-5-16-17-6-8;1-3-2;1-2/h2-6,21H,1H3,(H,15,20)(H,16,17)(H,18,19);3H2,1-2H3;1-2H. The summed E-state index contributed by atoms with van der Waals surface area (Å²) in [5, 5.41) is 20.7. The maximum absolute atomic E-state index is 10.3. The molecule has 1 aromatic carbocycles. The van der Waals surface area contributed by atoms with Crippen LogP contribution in [0.2, 0.25) is 0 Å². The topological polar surface area (TPSA) is 103 Å². The number of anilines is 1. The molecule has 0 spiro atoms. The van der Waals surface area contributed by atoms with Crippen LogP contribution in [-0.4, -0.2) is 37.3 Å². The average molecular weight is 382 g/mol. The minimum absolute atomic E-state index is 0.161. The molecule has 0 unspecified atom stereocenters. The van der Waals surface area contributed by atoms with E-state index >= 15 is 0 Å². The highest BCUT2D eigenvalue weighted by Gasteiger charge is 2.14. The van der Waals surface area contributed by atoms with Gasteiger partial charge in [0, 0.05) is 18.8 Å². The van der Waals surface area contributed by atoms with Crippen molar-refractivity contribution in [1.82, 2.24) is 25.1 Å². The van der Waals surface area contributed by atoms with Crippen molar-refractivity contribution in [2.75, 3.05) is 12.4 Å². The molecule has 3 aromatic heterocycles. The number of hydrogen-bond donors (Lipinski definition) is 4. The molecule has 0 saturated carbocycles. The molecule has 4 N–H and O–H groups in total. The molecular weight excluding hydrogens is 360 g/mol. The first-order chi connectivity index (χ1) is 13.2. The summed E-state index contributed by atoms with van der Waals surface area (Å²) in [6, 6.07) is 5.45. The first-order valence-corrected chi connectivity index (χ1v) is 9.18. The number of aromatic amines is 2. The highest BCUT2D eigenvalue weighted by Crippen LogP contribution is 2.34. The SMILES string of the molecule is C#C.CCC.CNc1nc2[nH]c(-c3ccc(-c4cn[nH]c4)cc3O)nc2s1. The minimum atomic E-state index is 0.161. The summed E-state index contributed by atoms with van der Waals surface area (Å²) in [5.41, 5.74) is 3.16. The molecule has 0 aliphatic carbocycles. The van der Waals surface area contributed by atoms with E-state index in [1.165, 1.54) is 17.8 Å². The number of aromatic nitrogens is 5. The van der Waals surface area contributed by atoms with Gasteiger partial charge in [-0.25, -0.2) is 9.97 Å². The lowest BCUT2D eigenvalue weighted by atomic mass is 10.1. The second kappa shape index (κ2) is 9.40. The van der Waals surface area contributed by atoms with Crippen molar-refractivity contribution < 1.29 is 5.11 Å². The first kappa shape index (κ1) is 20.0. The predicted octanol–water partition coefficient (Wildman–Crippen LogP) is 4.49. The average Bonchev–Trinajstić information content (AvgIpc) is 3.40. The number of hydrogen-bond acceptors (Lipinski definition) is 6. The molecule has 0 radical (unpaired) electrons. The lowest BCUT2D eigenvalue weighted by Gasteiger charge is -2.04. The van der Waals surface area contributed by atoms with Crippen LogP contribution < -0.4 is 5.32 Å². The van der Waals surface area contributed by atoms with E-state index < -0.39 is 0 Å². The molecule has 0 amide bonds. The van der Waals surface area contributed by atoms with Crippen LogP contribution in [0.5, 0.6) is 5.75 Å². The van der Waals surface area contributed by atoms with Gasteiger partial charge in [-0.3, -0.25) is 5.10 Å². The van der Waals surface area contributed by atoms with Gasteiger partial charge in [0.1, 0.15) is 11.6 Å². The Hall–Kier alpha value is -3.31. The third kappa shape index (κ3) is 4.46. The fraction of sp³-hybridized carbons (Fsp3) is 0.211. The first-order valence-electron chi connectivity index (χ1n) is 8.36. The van der Waals surface area contributed by atoms with Crippen LogP contribution in [0.4, 0.5) is 5.13 Å². The van der Waals surface area contributed by atoms with E-state index in [-0.39, 0.29) is 5.75 Å². The number of phenolic OH excluding ortho intramolecular Hbond substituents is 1. The van der Waals surface area contributed by atoms with E-state index in [2.05, 4.69) is 57.2 Å². The molecule has 4 aromatic rings. The Balaban J connectivity index is 0.000000478. The Morgan fingerprint density at radius 3 is 2.48 bits per heavy atom. The second-order valence-electron chi connectivity index (χ2n) is 5.43. The maximum Gasteiger partial charge on any atom is 0.186 e. The number of benzene rings is 1. The van der Waals surface area contributed by atoms with Crippen LogP contribution in [0.1, 0.15) is 20.3 Å². The van der Waals surface area contributed by atoms with Gasteiger partial charge in [0.15, 0.2) is 15.6 Å². The predicted molar refractivity (Wildman–Crippen MR) is 112 cm³/mol. The van der Waals surface area contributed by atoms with Gasteiger partial charge in [-0.15, -0.1) is 12.8 Å². The van der Waals surface area contributed by atoms with Crippen molar-refractivity contribution >= 4 is 26.9 Å². The van der Waals surface area contributed by atoms with E-state index in [1.54, 1.807) is 18.5 Å². The Morgan fingerprint density at radius 2 is 1.93 bits per heavy atom. The number of H-pyrrole nitrogens is 2. The van der Waals surface area contributed by atoms with Crippen molar-refractivity contribution in [3.8, 4) is 41.1 Å². The second-order valence-corrected chi connectivity index (χ2v) is 6.41. The van der Waals surface area contributed by atoms with Crippen LogP contribution in [0.25, 0.3) is 33.0 Å². The van der Waals surface area contributed by atoms with Crippen molar-refractivity contribution in [3.05, 3.63) is 30.6 Å². The fourth-order valence-electron chi connectivity index (χ4n) is 2.27. The number of rotatable bonds is 3. The van der Waals surface area contributed by atoms with Gasteiger partial charge in [-0.05, 0) is 17.7 Å². The van der Waals surface area contributed by atoms with Crippen LogP contribution >= 0.6 is 11.3 Å². The van der Waals surface area contributed by atoms with Gasteiger partial charge in [-0.1, -0.05) is 37.7 Å². The fourth-order valence-corrected chi connectivity index (χ4v) is 3.02. The summed E-state index contributed by atoms with van der Waals surface area (Å²) in [5.74, 6) is 0.765. The van der Waals surface area contributed by atoms with E-state index in [1.807, 2.05) is 19.2 Å². The Morgan fingerprint density at radius 1 is 1.19 bits per heavy atom. The molecule has 0 aliphatic rings. The van der Waals surface area contributed by atoms with E-state index in [0.717, 1.165) is 21.1 Å². The molecule has 3 heterocycles. The van der Waals surface area contributed by atoms with Gasteiger partial charge >= 0.3 is 0 Å². The maximum atomic E-state index is 10.3. The summed E-state index contributed by atoms with van der Waals surface area (Å²) in [6.45, 7) is 4.25. The third-order valence-corrected chi connectivity index (χ3v) is 4.32. The zero-order valence-electron chi connectivity index (χ0n) is 15.4. The normalized spacial score (nSPS) is 9.81. The monoisotopic (exact) mass is 382 g/mol. The van der Waals surface area contributed by atoms with Gasteiger partial charge in [0.05, 0.1) is 11.8 Å². The summed E-state index contributed by atoms with van der Waals surface area (Å²) >= 11 is 1.46. The van der Waals surface area contributed by atoms with Crippen molar-refractivity contribution in [1.29, 1.82) is 0 Å². The molecule has 0 saturated heterocycles. The molecule has 0 fully saturated rings. The smallest absolute Gasteiger partial charge is 0.186 e. The molecule has 0 bridgehead atoms. The Labute approximate surface area is 161 Å². The molecule has 0 atom stereocenters. The molecule has 7 nitrogen and oxygen atoms in total. The number of fused-ring (bicyclic) bond motifs is 1. The molecule has 27 heavy (non-hydrogen) atoms. The molecule has 8 heteroatoms. The summed E-state index contributed by atoms with van der Waals surface area (Å²) in [7, 11) is 1.82. The van der Waals surface area contributed by atoms with Crippen LogP contribution in [0.15, 0.2) is 30.6 Å². The summed E-state index contributed by atoms with van der Waals surface area (Å²) in [6.07, 6.45) is 12.7. The van der Waals surface area contributed by atoms with Crippen LogP contribution in [0.3, 0.4) is 0 Å². The summed E-state index contributed by atoms with van der Waals surface area (Å²) < 4.78 is 0. The van der Waals surface area contributed by atoms with Crippen LogP contribution in [-0.2, 0) is 0 Å². The number of terminal acetylenes is 1. The number of nitrogens with zero attached hydrogens (tertiary/aromatic N) is 3. The largest absolute Gasteiger partial charge is 0.507 e. The minimum Gasteiger partial charge on any atom is -0.507 e. The van der Waals surface area contributed by atoms with Gasteiger partial charge in [0.25, 0.3) is 0 Å². The van der Waals surface area contributed by atoms with Gasteiger partial charge in [0.2, 0.25) is 0 Å². The molecule has 140 valence electrons. The third-order valence-electron chi connectivity index (χ3n) is 3.36. The zero-order valence-corrected chi connectivity index (χ0v) is 16.3. The molecule has 4 rings (SSSR count). The quantitative estimate of drug-likeness (QED) is 0.391. The van der Waals surface area contributed by atoms with E-state index in [4.69, 9.17) is 0 Å².